The molecule has 1 heterocycles. The van der Waals surface area contributed by atoms with Crippen molar-refractivity contribution in [1.82, 2.24) is 4.98 Å². The van der Waals surface area contributed by atoms with Gasteiger partial charge in [-0.1, -0.05) is 13.3 Å². The summed E-state index contributed by atoms with van der Waals surface area (Å²) < 4.78 is 52.9. The second kappa shape index (κ2) is 6.53. The van der Waals surface area contributed by atoms with Crippen LogP contribution in [0.25, 0.3) is 0 Å². The van der Waals surface area contributed by atoms with Gasteiger partial charge in [0.15, 0.2) is 0 Å². The van der Waals surface area contributed by atoms with Gasteiger partial charge < -0.3 is 10.0 Å². The molecule has 3 nitrogen and oxygen atoms in total. The van der Waals surface area contributed by atoms with E-state index in [0.717, 1.165) is 11.3 Å². The normalized spacial score (nSPS) is 10.8. The number of aliphatic hydroxyl groups is 1. The molecule has 0 saturated heterocycles. The molecule has 0 aliphatic rings. The van der Waals surface area contributed by atoms with Crippen molar-refractivity contribution in [3.63, 3.8) is 0 Å². The van der Waals surface area contributed by atoms with Crippen molar-refractivity contribution >= 4 is 5.69 Å². The number of rotatable bonds is 6. The van der Waals surface area contributed by atoms with Gasteiger partial charge in [-0.05, 0) is 6.42 Å². The van der Waals surface area contributed by atoms with Crippen LogP contribution in [-0.4, -0.2) is 29.8 Å². The molecule has 0 amide bonds. The average molecular weight is 266 g/mol. The molecule has 0 radical (unpaired) electrons. The van der Waals surface area contributed by atoms with Crippen LogP contribution in [0.1, 0.15) is 19.8 Å². The number of anilines is 1. The second-order valence-corrected chi connectivity index (χ2v) is 3.73. The molecule has 0 aromatic carbocycles. The lowest BCUT2D eigenvalue weighted by molar-refractivity contribution is 0.299. The molecule has 0 aliphatic carbocycles. The van der Waals surface area contributed by atoms with Gasteiger partial charge in [0.05, 0.1) is 6.61 Å². The first-order chi connectivity index (χ1) is 8.52. The van der Waals surface area contributed by atoms with Crippen molar-refractivity contribution in [1.29, 1.82) is 0 Å². The Labute approximate surface area is 102 Å². The lowest BCUT2D eigenvalue weighted by atomic mass is 10.2. The van der Waals surface area contributed by atoms with Crippen molar-refractivity contribution in [2.45, 2.75) is 19.8 Å². The number of hydrogen-bond acceptors (Lipinski definition) is 3. The van der Waals surface area contributed by atoms with E-state index in [1.807, 2.05) is 6.92 Å². The van der Waals surface area contributed by atoms with Gasteiger partial charge in [-0.3, -0.25) is 0 Å². The Hall–Kier alpha value is -1.37. The summed E-state index contributed by atoms with van der Waals surface area (Å²) in [6.07, 6.45) is 1.31. The number of halogens is 4. The van der Waals surface area contributed by atoms with E-state index in [2.05, 4.69) is 4.98 Å². The molecule has 0 aliphatic heterocycles. The third-order valence-corrected chi connectivity index (χ3v) is 2.44. The van der Waals surface area contributed by atoms with Gasteiger partial charge in [0.2, 0.25) is 11.6 Å². The first kappa shape index (κ1) is 14.7. The summed E-state index contributed by atoms with van der Waals surface area (Å²) in [7, 11) is 0. The Morgan fingerprint density at radius 2 is 1.61 bits per heavy atom. The SMILES string of the molecule is CCCCN(CCO)c1c(F)c(F)nc(F)c1F. The molecule has 7 heteroatoms. The van der Waals surface area contributed by atoms with E-state index in [-0.39, 0.29) is 19.7 Å². The fourth-order valence-electron chi connectivity index (χ4n) is 1.56. The van der Waals surface area contributed by atoms with E-state index in [9.17, 15) is 17.6 Å². The number of aliphatic hydroxyl groups excluding tert-OH is 1. The predicted molar refractivity (Wildman–Crippen MR) is 58.3 cm³/mol. The van der Waals surface area contributed by atoms with Crippen molar-refractivity contribution in [3.8, 4) is 0 Å². The molecule has 1 aromatic rings. The van der Waals surface area contributed by atoms with Crippen LogP contribution >= 0.6 is 0 Å². The van der Waals surface area contributed by atoms with Crippen molar-refractivity contribution in [2.75, 3.05) is 24.6 Å². The van der Waals surface area contributed by atoms with E-state index < -0.39 is 29.2 Å². The molecule has 18 heavy (non-hydrogen) atoms. The molecular weight excluding hydrogens is 252 g/mol. The summed E-state index contributed by atoms with van der Waals surface area (Å²) in [5, 5.41) is 8.83. The van der Waals surface area contributed by atoms with Crippen molar-refractivity contribution < 1.29 is 22.7 Å². The fourth-order valence-corrected chi connectivity index (χ4v) is 1.56. The molecule has 1 N–H and O–H groups in total. The van der Waals surface area contributed by atoms with Crippen LogP contribution in [0.2, 0.25) is 0 Å². The van der Waals surface area contributed by atoms with E-state index in [1.54, 1.807) is 0 Å². The van der Waals surface area contributed by atoms with Crippen LogP contribution in [0.4, 0.5) is 23.2 Å². The Kier molecular flexibility index (Phi) is 5.33. The highest BCUT2D eigenvalue weighted by Gasteiger charge is 2.24. The van der Waals surface area contributed by atoms with Crippen LogP contribution in [-0.2, 0) is 0 Å². The minimum atomic E-state index is -1.69. The van der Waals surface area contributed by atoms with E-state index >= 15 is 0 Å². The van der Waals surface area contributed by atoms with Gasteiger partial charge in [-0.15, -0.1) is 0 Å². The zero-order valence-corrected chi connectivity index (χ0v) is 9.89. The van der Waals surface area contributed by atoms with Crippen molar-refractivity contribution in [2.24, 2.45) is 0 Å². The third kappa shape index (κ3) is 3.10. The summed E-state index contributed by atoms with van der Waals surface area (Å²) in [5.41, 5.74) is -0.817. The maximum Gasteiger partial charge on any atom is 0.253 e. The van der Waals surface area contributed by atoms with E-state index in [0.29, 0.717) is 6.42 Å². The first-order valence-electron chi connectivity index (χ1n) is 5.58. The number of pyridine rings is 1. The Morgan fingerprint density at radius 3 is 2.06 bits per heavy atom. The third-order valence-electron chi connectivity index (χ3n) is 2.44. The molecule has 0 bridgehead atoms. The summed E-state index contributed by atoms with van der Waals surface area (Å²) in [4.78, 5) is 3.56. The van der Waals surface area contributed by atoms with Gasteiger partial charge in [-0.2, -0.15) is 22.5 Å². The van der Waals surface area contributed by atoms with Crippen molar-refractivity contribution in [3.05, 3.63) is 23.5 Å². The number of unbranched alkanes of at least 4 members (excludes halogenated alkanes) is 1. The smallest absolute Gasteiger partial charge is 0.253 e. The van der Waals surface area contributed by atoms with Crippen LogP contribution in [0.3, 0.4) is 0 Å². The van der Waals surface area contributed by atoms with Gasteiger partial charge in [0, 0.05) is 13.1 Å². The lowest BCUT2D eigenvalue weighted by Crippen LogP contribution is -2.30. The van der Waals surface area contributed by atoms with E-state index in [4.69, 9.17) is 5.11 Å². The summed E-state index contributed by atoms with van der Waals surface area (Å²) in [5.74, 6) is -6.47. The van der Waals surface area contributed by atoms with Crippen LogP contribution < -0.4 is 4.90 Å². The Balaban J connectivity index is 3.17. The quantitative estimate of drug-likeness (QED) is 0.633. The Morgan fingerprint density at radius 1 is 1.06 bits per heavy atom. The molecule has 0 spiro atoms. The van der Waals surface area contributed by atoms with Crippen LogP contribution in [0.5, 0.6) is 0 Å². The molecule has 1 aromatic heterocycles. The minimum Gasteiger partial charge on any atom is -0.395 e. The second-order valence-electron chi connectivity index (χ2n) is 3.73. The van der Waals surface area contributed by atoms with Crippen LogP contribution in [0, 0.1) is 23.5 Å². The maximum absolute atomic E-state index is 13.5. The average Bonchev–Trinajstić information content (AvgIpc) is 2.33. The largest absolute Gasteiger partial charge is 0.395 e. The lowest BCUT2D eigenvalue weighted by Gasteiger charge is -2.24. The van der Waals surface area contributed by atoms with Gasteiger partial charge in [-0.25, -0.2) is 0 Å². The first-order valence-corrected chi connectivity index (χ1v) is 5.58. The summed E-state index contributed by atoms with van der Waals surface area (Å²) in [6, 6.07) is 0. The zero-order valence-electron chi connectivity index (χ0n) is 9.89. The molecule has 1 rings (SSSR count). The number of hydrogen-bond donors (Lipinski definition) is 1. The highest BCUT2D eigenvalue weighted by Crippen LogP contribution is 2.26. The monoisotopic (exact) mass is 266 g/mol. The molecule has 0 atom stereocenters. The Bertz CT molecular complexity index is 388. The standard InChI is InChI=1S/C11H14F4N2O/c1-2-3-4-17(5-6-18)9-7(12)10(14)16-11(15)8(9)13/h18H,2-6H2,1H3. The molecule has 102 valence electrons. The predicted octanol–water partition coefficient (Wildman–Crippen LogP) is 2.24. The van der Waals surface area contributed by atoms with Gasteiger partial charge in [0.25, 0.3) is 11.9 Å². The van der Waals surface area contributed by atoms with Gasteiger partial charge >= 0.3 is 0 Å². The number of nitrogens with zero attached hydrogens (tertiary/aromatic N) is 2. The molecule has 0 saturated carbocycles. The van der Waals surface area contributed by atoms with E-state index in [1.165, 1.54) is 0 Å². The minimum absolute atomic E-state index is 0.114. The molecular formula is C11H14F4N2O. The summed E-state index contributed by atoms with van der Waals surface area (Å²) >= 11 is 0. The maximum atomic E-state index is 13.5. The zero-order chi connectivity index (χ0) is 13.7. The topological polar surface area (TPSA) is 36.4 Å². The van der Waals surface area contributed by atoms with Crippen LogP contribution in [0.15, 0.2) is 0 Å². The molecule has 0 fully saturated rings. The highest BCUT2D eigenvalue weighted by atomic mass is 19.2. The van der Waals surface area contributed by atoms with Gasteiger partial charge in [0.1, 0.15) is 5.69 Å². The fraction of sp³-hybridized carbons (Fsp3) is 0.545. The highest BCUT2D eigenvalue weighted by molar-refractivity contribution is 5.48. The number of aromatic nitrogens is 1. The molecule has 0 unspecified atom stereocenters. The summed E-state index contributed by atoms with van der Waals surface area (Å²) in [6.45, 7) is 1.55.